The second-order valence-electron chi connectivity index (χ2n) is 4.00. The quantitative estimate of drug-likeness (QED) is 0.382. The molecule has 0 aliphatic heterocycles. The molecule has 0 saturated carbocycles. The number of halogens is 4. The Kier molecular flexibility index (Phi) is 7.50. The maximum atomic E-state index is 11.5. The number of hydrogen-bond acceptors (Lipinski definition) is 2. The summed E-state index contributed by atoms with van der Waals surface area (Å²) >= 11 is 26.0. The Morgan fingerprint density at radius 2 is 1.86 bits per heavy atom. The Morgan fingerprint density at radius 1 is 1.29 bits per heavy atom. The van der Waals surface area contributed by atoms with Gasteiger partial charge in [-0.2, -0.15) is 0 Å². The highest BCUT2D eigenvalue weighted by molar-refractivity contribution is 9.10. The normalized spacial score (nSPS) is 12.4. The summed E-state index contributed by atoms with van der Waals surface area (Å²) in [5.74, 6) is -0.259. The van der Waals surface area contributed by atoms with Crippen molar-refractivity contribution >= 4 is 79.7 Å². The summed E-state index contributed by atoms with van der Waals surface area (Å²) in [5, 5.41) is 8.48. The van der Waals surface area contributed by atoms with Crippen molar-refractivity contribution in [2.24, 2.45) is 0 Å². The first-order valence-corrected chi connectivity index (χ1v) is 8.25. The molecule has 0 saturated heterocycles. The molecule has 1 amide bonds. The molecule has 1 rings (SSSR count). The molecule has 0 fully saturated rings. The zero-order valence-electron chi connectivity index (χ0n) is 10.9. The van der Waals surface area contributed by atoms with Crippen LogP contribution in [0, 0.1) is 0 Å². The number of amides is 1. The van der Waals surface area contributed by atoms with Crippen molar-refractivity contribution in [2.45, 2.75) is 23.3 Å². The van der Waals surface area contributed by atoms with E-state index in [1.807, 2.05) is 24.3 Å². The number of benzene rings is 1. The molecule has 0 aliphatic carbocycles. The number of carbonyl (C=O) groups excluding carboxylic acids is 1. The lowest BCUT2D eigenvalue weighted by Gasteiger charge is -2.27. The van der Waals surface area contributed by atoms with Gasteiger partial charge in [-0.15, -0.1) is 0 Å². The molecule has 0 radical (unpaired) electrons. The first-order chi connectivity index (χ1) is 9.72. The van der Waals surface area contributed by atoms with E-state index in [4.69, 9.17) is 47.0 Å². The van der Waals surface area contributed by atoms with Crippen LogP contribution in [0.15, 0.2) is 28.7 Å². The summed E-state index contributed by atoms with van der Waals surface area (Å²) in [6, 6.07) is 7.37. The second kappa shape index (κ2) is 8.39. The summed E-state index contributed by atoms with van der Waals surface area (Å²) in [6.45, 7) is 1.70. The molecular formula is C12H13BrCl3N3OS. The van der Waals surface area contributed by atoms with Crippen molar-refractivity contribution in [3.8, 4) is 0 Å². The van der Waals surface area contributed by atoms with Crippen LogP contribution in [-0.4, -0.2) is 21.0 Å². The van der Waals surface area contributed by atoms with Crippen LogP contribution in [-0.2, 0) is 4.79 Å². The highest BCUT2D eigenvalue weighted by Crippen LogP contribution is 2.29. The fraction of sp³-hybridized carbons (Fsp3) is 0.333. The minimum Gasteiger partial charge on any atom is -0.339 e. The van der Waals surface area contributed by atoms with Crippen LogP contribution >= 0.6 is 63.0 Å². The van der Waals surface area contributed by atoms with E-state index in [0.29, 0.717) is 0 Å². The molecule has 0 aliphatic rings. The standard InChI is InChI=1S/C12H13BrCl3N3OS/c1-2-9(20)18-10(12(14,15)16)19-11(21)17-8-5-3-7(13)4-6-8/h3-6,10H,2H2,1H3,(H,18,20)(H2,17,19,21). The molecule has 0 aromatic heterocycles. The third kappa shape index (κ3) is 7.02. The number of carbonyl (C=O) groups is 1. The number of nitrogens with one attached hydrogen (secondary N) is 3. The van der Waals surface area contributed by atoms with Crippen LogP contribution in [0.2, 0.25) is 0 Å². The fourth-order valence-electron chi connectivity index (χ4n) is 1.29. The molecule has 0 spiro atoms. The number of hydrogen-bond donors (Lipinski definition) is 3. The number of rotatable bonds is 4. The smallest absolute Gasteiger partial charge is 0.228 e. The first-order valence-electron chi connectivity index (χ1n) is 5.91. The lowest BCUT2D eigenvalue weighted by Crippen LogP contribution is -2.56. The zero-order chi connectivity index (χ0) is 16.0. The van der Waals surface area contributed by atoms with Crippen LogP contribution in [0.5, 0.6) is 0 Å². The molecule has 4 nitrogen and oxygen atoms in total. The highest BCUT2D eigenvalue weighted by Gasteiger charge is 2.34. The van der Waals surface area contributed by atoms with E-state index in [-0.39, 0.29) is 17.4 Å². The largest absolute Gasteiger partial charge is 0.339 e. The van der Waals surface area contributed by atoms with Gasteiger partial charge in [-0.25, -0.2) is 0 Å². The SMILES string of the molecule is CCC(=O)NC(NC(=S)Nc1ccc(Br)cc1)C(Cl)(Cl)Cl. The van der Waals surface area contributed by atoms with E-state index < -0.39 is 9.96 Å². The monoisotopic (exact) mass is 431 g/mol. The molecule has 3 N–H and O–H groups in total. The van der Waals surface area contributed by atoms with Gasteiger partial charge in [0.05, 0.1) is 0 Å². The van der Waals surface area contributed by atoms with Gasteiger partial charge in [-0.1, -0.05) is 57.7 Å². The van der Waals surface area contributed by atoms with Gasteiger partial charge in [0.2, 0.25) is 9.70 Å². The third-order valence-corrected chi connectivity index (χ3v) is 3.73. The van der Waals surface area contributed by atoms with Gasteiger partial charge < -0.3 is 16.0 Å². The van der Waals surface area contributed by atoms with Gasteiger partial charge >= 0.3 is 0 Å². The predicted octanol–water partition coefficient (Wildman–Crippen LogP) is 3.96. The van der Waals surface area contributed by atoms with Gasteiger partial charge in [0.1, 0.15) is 6.17 Å². The zero-order valence-corrected chi connectivity index (χ0v) is 15.6. The van der Waals surface area contributed by atoms with E-state index >= 15 is 0 Å². The maximum Gasteiger partial charge on any atom is 0.228 e. The van der Waals surface area contributed by atoms with Gasteiger partial charge in [-0.05, 0) is 36.5 Å². The summed E-state index contributed by atoms with van der Waals surface area (Å²) in [5.41, 5.74) is 0.764. The van der Waals surface area contributed by atoms with Crippen LogP contribution in [0.1, 0.15) is 13.3 Å². The Labute approximate surface area is 152 Å². The summed E-state index contributed by atoms with van der Waals surface area (Å²) in [6.07, 6.45) is -0.670. The van der Waals surface area contributed by atoms with Crippen molar-refractivity contribution in [1.29, 1.82) is 0 Å². The van der Waals surface area contributed by atoms with Crippen LogP contribution in [0.3, 0.4) is 0 Å². The predicted molar refractivity (Wildman–Crippen MR) is 96.0 cm³/mol. The van der Waals surface area contributed by atoms with Gasteiger partial charge in [0, 0.05) is 16.6 Å². The summed E-state index contributed by atoms with van der Waals surface area (Å²) in [4.78, 5) is 11.5. The molecule has 21 heavy (non-hydrogen) atoms. The summed E-state index contributed by atoms with van der Waals surface area (Å²) in [7, 11) is 0. The maximum absolute atomic E-state index is 11.5. The summed E-state index contributed by atoms with van der Waals surface area (Å²) < 4.78 is -0.794. The van der Waals surface area contributed by atoms with Crippen molar-refractivity contribution in [3.05, 3.63) is 28.7 Å². The van der Waals surface area contributed by atoms with Crippen molar-refractivity contribution in [2.75, 3.05) is 5.32 Å². The van der Waals surface area contributed by atoms with Crippen molar-refractivity contribution in [3.63, 3.8) is 0 Å². The first kappa shape index (κ1) is 18.8. The molecule has 1 aromatic carbocycles. The Morgan fingerprint density at radius 3 is 2.33 bits per heavy atom. The van der Waals surface area contributed by atoms with Crippen LogP contribution < -0.4 is 16.0 Å². The Hall–Kier alpha value is -0.270. The lowest BCUT2D eigenvalue weighted by molar-refractivity contribution is -0.121. The lowest BCUT2D eigenvalue weighted by atomic mass is 10.3. The van der Waals surface area contributed by atoms with Gasteiger partial charge in [0.25, 0.3) is 0 Å². The third-order valence-electron chi connectivity index (χ3n) is 2.33. The van der Waals surface area contributed by atoms with Crippen LogP contribution in [0.4, 0.5) is 5.69 Å². The Balaban J connectivity index is 2.67. The van der Waals surface area contributed by atoms with E-state index in [2.05, 4.69) is 31.9 Å². The van der Waals surface area contributed by atoms with Crippen LogP contribution in [0.25, 0.3) is 0 Å². The molecule has 1 unspecified atom stereocenters. The minimum absolute atomic E-state index is 0.227. The van der Waals surface area contributed by atoms with E-state index in [1.165, 1.54) is 0 Å². The molecule has 1 aromatic rings. The van der Waals surface area contributed by atoms with E-state index in [9.17, 15) is 4.79 Å². The van der Waals surface area contributed by atoms with Crippen molar-refractivity contribution in [1.82, 2.24) is 10.6 Å². The minimum atomic E-state index is -1.74. The average molecular weight is 434 g/mol. The molecule has 0 heterocycles. The fourth-order valence-corrected chi connectivity index (χ4v) is 2.12. The molecule has 116 valence electrons. The number of alkyl halides is 3. The average Bonchev–Trinajstić information content (AvgIpc) is 2.39. The highest BCUT2D eigenvalue weighted by atomic mass is 79.9. The topological polar surface area (TPSA) is 53.2 Å². The molecule has 1 atom stereocenters. The van der Waals surface area contributed by atoms with Crippen molar-refractivity contribution < 1.29 is 4.79 Å². The number of thiocarbonyl (C=S) groups is 1. The van der Waals surface area contributed by atoms with E-state index in [0.717, 1.165) is 10.2 Å². The Bertz CT molecular complexity index is 507. The molecule has 0 bridgehead atoms. The van der Waals surface area contributed by atoms with E-state index in [1.54, 1.807) is 6.92 Å². The molecule has 9 heteroatoms. The number of anilines is 1. The van der Waals surface area contributed by atoms with Gasteiger partial charge in [0.15, 0.2) is 5.11 Å². The second-order valence-corrected chi connectivity index (χ2v) is 7.69. The van der Waals surface area contributed by atoms with Gasteiger partial charge in [-0.3, -0.25) is 4.79 Å². The molecular weight excluding hydrogens is 420 g/mol.